The second-order valence-electron chi connectivity index (χ2n) is 2.46. The highest BCUT2D eigenvalue weighted by Crippen LogP contribution is 2.19. The number of aromatic nitrogens is 2. The molecule has 0 atom stereocenters. The second kappa shape index (κ2) is 3.66. The Labute approximate surface area is 78.6 Å². The van der Waals surface area contributed by atoms with Crippen LogP contribution in [-0.2, 0) is 16.1 Å². The molecule has 0 aliphatic carbocycles. The summed E-state index contributed by atoms with van der Waals surface area (Å²) >= 11 is 6.94. The average molecular weight is 207 g/mol. The van der Waals surface area contributed by atoms with E-state index in [0.717, 1.165) is 0 Å². The van der Waals surface area contributed by atoms with Crippen LogP contribution in [0.25, 0.3) is 0 Å². The Bertz CT molecular complexity index is 264. The predicted molar refractivity (Wildman–Crippen MR) is 44.3 cm³/mol. The quantitative estimate of drug-likeness (QED) is 0.743. The Morgan fingerprint density at radius 3 is 3.00 bits per heavy atom. The van der Waals surface area contributed by atoms with Crippen molar-refractivity contribution >= 4 is 23.1 Å². The van der Waals surface area contributed by atoms with Crippen molar-refractivity contribution in [3.8, 4) is 0 Å². The molecule has 1 aliphatic heterocycles. The van der Waals surface area contributed by atoms with E-state index in [0.29, 0.717) is 29.9 Å². The lowest BCUT2D eigenvalue weighted by Gasteiger charge is -2.25. The Balaban J connectivity index is 1.82. The van der Waals surface area contributed by atoms with Crippen LogP contribution in [0.5, 0.6) is 0 Å². The molecule has 1 aromatic rings. The normalized spacial score (nSPS) is 17.8. The molecule has 12 heavy (non-hydrogen) atoms. The molecule has 66 valence electrons. The lowest BCUT2D eigenvalue weighted by Crippen LogP contribution is -2.35. The third kappa shape index (κ3) is 1.74. The zero-order chi connectivity index (χ0) is 8.39. The Morgan fingerprint density at radius 2 is 2.50 bits per heavy atom. The number of ether oxygens (including phenoxy) is 2. The first-order valence-corrected chi connectivity index (χ1v) is 4.67. The minimum absolute atomic E-state index is 0.211. The van der Waals surface area contributed by atoms with Crippen molar-refractivity contribution in [1.29, 1.82) is 0 Å². The molecule has 0 amide bonds. The minimum Gasteiger partial charge on any atom is -0.376 e. The van der Waals surface area contributed by atoms with Gasteiger partial charge in [-0.25, -0.2) is 0 Å². The third-order valence-corrected chi connectivity index (χ3v) is 2.56. The predicted octanol–water partition coefficient (Wildman–Crippen LogP) is 1.11. The van der Waals surface area contributed by atoms with Crippen LogP contribution in [0.15, 0.2) is 0 Å². The van der Waals surface area contributed by atoms with Crippen molar-refractivity contribution in [2.24, 2.45) is 0 Å². The molecule has 0 aromatic carbocycles. The summed E-state index contributed by atoms with van der Waals surface area (Å²) in [5, 5.41) is 3.82. The highest BCUT2D eigenvalue weighted by molar-refractivity contribution is 7.10. The fourth-order valence-corrected chi connectivity index (χ4v) is 1.39. The van der Waals surface area contributed by atoms with Gasteiger partial charge >= 0.3 is 0 Å². The smallest absolute Gasteiger partial charge is 0.139 e. The van der Waals surface area contributed by atoms with Crippen LogP contribution < -0.4 is 0 Å². The van der Waals surface area contributed by atoms with Crippen LogP contribution in [-0.4, -0.2) is 28.9 Å². The SMILES string of the molecule is Clc1snnc1COC1COC1. The lowest BCUT2D eigenvalue weighted by molar-refractivity contribution is -0.135. The highest BCUT2D eigenvalue weighted by Gasteiger charge is 2.19. The maximum absolute atomic E-state index is 5.77. The van der Waals surface area contributed by atoms with E-state index in [2.05, 4.69) is 9.59 Å². The van der Waals surface area contributed by atoms with E-state index in [1.165, 1.54) is 11.5 Å². The molecule has 0 saturated carbocycles. The molecule has 0 N–H and O–H groups in total. The van der Waals surface area contributed by atoms with Gasteiger partial charge in [0.1, 0.15) is 16.1 Å². The van der Waals surface area contributed by atoms with Gasteiger partial charge in [-0.1, -0.05) is 16.1 Å². The molecule has 4 nitrogen and oxygen atoms in total. The Morgan fingerprint density at radius 1 is 1.67 bits per heavy atom. The molecule has 0 radical (unpaired) electrons. The van der Waals surface area contributed by atoms with E-state index in [-0.39, 0.29) is 6.10 Å². The first-order valence-electron chi connectivity index (χ1n) is 3.52. The molecule has 2 rings (SSSR count). The zero-order valence-corrected chi connectivity index (χ0v) is 7.77. The van der Waals surface area contributed by atoms with Gasteiger partial charge < -0.3 is 9.47 Å². The number of halogens is 1. The Kier molecular flexibility index (Phi) is 2.55. The number of rotatable bonds is 3. The van der Waals surface area contributed by atoms with E-state index in [1.54, 1.807) is 0 Å². The van der Waals surface area contributed by atoms with Crippen molar-refractivity contribution in [1.82, 2.24) is 9.59 Å². The van der Waals surface area contributed by atoms with Gasteiger partial charge in [0, 0.05) is 11.5 Å². The minimum atomic E-state index is 0.211. The number of hydrogen-bond donors (Lipinski definition) is 0. The van der Waals surface area contributed by atoms with E-state index in [1.807, 2.05) is 0 Å². The van der Waals surface area contributed by atoms with E-state index >= 15 is 0 Å². The van der Waals surface area contributed by atoms with Crippen molar-refractivity contribution in [3.05, 3.63) is 10.0 Å². The molecule has 2 heterocycles. The molecule has 1 saturated heterocycles. The standard InChI is InChI=1S/C6H7ClN2O2S/c7-6-5(8-9-12-6)3-11-4-1-10-2-4/h4H,1-3H2. The number of hydrogen-bond acceptors (Lipinski definition) is 5. The van der Waals surface area contributed by atoms with Crippen LogP contribution in [0.2, 0.25) is 4.34 Å². The van der Waals surface area contributed by atoms with Gasteiger partial charge in [-0.3, -0.25) is 0 Å². The van der Waals surface area contributed by atoms with Gasteiger partial charge in [0.25, 0.3) is 0 Å². The average Bonchev–Trinajstić information content (AvgIpc) is 2.33. The molecule has 1 aliphatic rings. The summed E-state index contributed by atoms with van der Waals surface area (Å²) in [6.45, 7) is 1.79. The molecule has 6 heteroatoms. The Hall–Kier alpha value is -0.230. The summed E-state index contributed by atoms with van der Waals surface area (Å²) in [7, 11) is 0. The zero-order valence-electron chi connectivity index (χ0n) is 6.20. The summed E-state index contributed by atoms with van der Waals surface area (Å²) in [4.78, 5) is 0. The highest BCUT2D eigenvalue weighted by atomic mass is 35.5. The van der Waals surface area contributed by atoms with Gasteiger partial charge in [-0.2, -0.15) is 0 Å². The first-order chi connectivity index (χ1) is 5.86. The summed E-state index contributed by atoms with van der Waals surface area (Å²) in [6, 6.07) is 0. The van der Waals surface area contributed by atoms with Crippen molar-refractivity contribution in [3.63, 3.8) is 0 Å². The lowest BCUT2D eigenvalue weighted by atomic mass is 10.3. The van der Waals surface area contributed by atoms with Crippen LogP contribution in [0.4, 0.5) is 0 Å². The largest absolute Gasteiger partial charge is 0.376 e. The van der Waals surface area contributed by atoms with Gasteiger partial charge in [0.05, 0.1) is 19.8 Å². The maximum atomic E-state index is 5.77. The van der Waals surface area contributed by atoms with Crippen LogP contribution in [0, 0.1) is 0 Å². The van der Waals surface area contributed by atoms with Gasteiger partial charge in [0.2, 0.25) is 0 Å². The van der Waals surface area contributed by atoms with E-state index < -0.39 is 0 Å². The van der Waals surface area contributed by atoms with Crippen molar-refractivity contribution < 1.29 is 9.47 Å². The summed E-state index contributed by atoms with van der Waals surface area (Å²) in [5.41, 5.74) is 0.716. The second-order valence-corrected chi connectivity index (χ2v) is 3.82. The fraction of sp³-hybridized carbons (Fsp3) is 0.667. The van der Waals surface area contributed by atoms with Gasteiger partial charge in [-0.05, 0) is 0 Å². The summed E-state index contributed by atoms with van der Waals surface area (Å²) in [5.74, 6) is 0. The maximum Gasteiger partial charge on any atom is 0.139 e. The monoisotopic (exact) mass is 206 g/mol. The van der Waals surface area contributed by atoms with Crippen LogP contribution >= 0.6 is 23.1 Å². The molecule has 0 unspecified atom stereocenters. The van der Waals surface area contributed by atoms with Crippen molar-refractivity contribution in [2.75, 3.05) is 13.2 Å². The van der Waals surface area contributed by atoms with E-state index in [4.69, 9.17) is 21.1 Å². The molecular formula is C6H7ClN2O2S. The summed E-state index contributed by atoms with van der Waals surface area (Å²) in [6.07, 6.45) is 0.211. The molecule has 1 aromatic heterocycles. The summed E-state index contributed by atoms with van der Waals surface area (Å²) < 4.78 is 14.6. The van der Waals surface area contributed by atoms with Gasteiger partial charge in [0.15, 0.2) is 0 Å². The third-order valence-electron chi connectivity index (χ3n) is 1.57. The molecule has 0 spiro atoms. The molecule has 0 bridgehead atoms. The first kappa shape index (κ1) is 8.37. The van der Waals surface area contributed by atoms with Gasteiger partial charge in [-0.15, -0.1) is 5.10 Å². The topological polar surface area (TPSA) is 44.2 Å². The van der Waals surface area contributed by atoms with E-state index in [9.17, 15) is 0 Å². The fourth-order valence-electron chi connectivity index (χ4n) is 0.790. The van der Waals surface area contributed by atoms with Crippen LogP contribution in [0.3, 0.4) is 0 Å². The molecular weight excluding hydrogens is 200 g/mol. The van der Waals surface area contributed by atoms with Crippen LogP contribution in [0.1, 0.15) is 5.69 Å². The molecule has 1 fully saturated rings. The number of nitrogens with zero attached hydrogens (tertiary/aromatic N) is 2. The van der Waals surface area contributed by atoms with Crippen molar-refractivity contribution in [2.45, 2.75) is 12.7 Å².